The summed E-state index contributed by atoms with van der Waals surface area (Å²) < 4.78 is 7.09. The molecule has 33 heavy (non-hydrogen) atoms. The third kappa shape index (κ3) is 6.29. The number of methoxy groups -OCH3 is 1. The minimum atomic E-state index is -0.271. The molecule has 0 aliphatic carbocycles. The molecule has 4 aromatic rings. The van der Waals surface area contributed by atoms with Crippen molar-refractivity contribution in [2.45, 2.75) is 8.42 Å². The summed E-state index contributed by atoms with van der Waals surface area (Å²) in [5.41, 5.74) is 10.1. The molecular formula is C25H24N2O2S4. The predicted molar refractivity (Wildman–Crippen MR) is 145 cm³/mol. The summed E-state index contributed by atoms with van der Waals surface area (Å²) in [7, 11) is 1.41. The second kappa shape index (κ2) is 12.1. The minimum Gasteiger partial charge on any atom is -0.465 e. The number of benzene rings is 2. The number of esters is 1. The summed E-state index contributed by atoms with van der Waals surface area (Å²) in [6.07, 6.45) is 4.06. The quantitative estimate of drug-likeness (QED) is 0.122. The molecule has 4 rings (SSSR count). The van der Waals surface area contributed by atoms with Gasteiger partial charge in [-0.05, 0) is 35.8 Å². The topological polar surface area (TPSA) is 76.2 Å². The molecule has 0 unspecified atom stereocenters. The van der Waals surface area contributed by atoms with E-state index in [0.29, 0.717) is 4.88 Å². The third-order valence-electron chi connectivity index (χ3n) is 4.59. The van der Waals surface area contributed by atoms with E-state index < -0.39 is 0 Å². The van der Waals surface area contributed by atoms with Crippen molar-refractivity contribution in [1.29, 1.82) is 5.41 Å². The number of thioether (sulfide) groups is 2. The molecule has 2 heterocycles. The van der Waals surface area contributed by atoms with Crippen molar-refractivity contribution in [3.63, 3.8) is 0 Å². The van der Waals surface area contributed by atoms with Gasteiger partial charge in [-0.25, -0.2) is 4.79 Å². The maximum absolute atomic E-state index is 11.5. The van der Waals surface area contributed by atoms with Crippen molar-refractivity contribution in [2.24, 2.45) is 5.73 Å². The van der Waals surface area contributed by atoms with Crippen molar-refractivity contribution in [3.05, 3.63) is 82.6 Å². The Labute approximate surface area is 210 Å². The number of carbonyl (C=O) groups excluding carboxylic acids is 1. The largest absolute Gasteiger partial charge is 0.465 e. The molecule has 0 saturated carbocycles. The molecule has 4 nitrogen and oxygen atoms in total. The zero-order valence-corrected chi connectivity index (χ0v) is 21.7. The number of carbonyl (C=O) groups is 1. The summed E-state index contributed by atoms with van der Waals surface area (Å²) in [6.45, 7) is 0. The van der Waals surface area contributed by atoms with Gasteiger partial charge < -0.3 is 10.5 Å². The van der Waals surface area contributed by atoms with Crippen molar-refractivity contribution in [3.8, 4) is 22.3 Å². The third-order valence-corrected chi connectivity index (χ3v) is 9.14. The SMILES string of the molecule is COC(=O)c1cc(-c2ccccc2)c(SC)s1.CSc1sc(C(=N)N)cc1-c1ccccc1. The van der Waals surface area contributed by atoms with Crippen LogP contribution in [-0.2, 0) is 4.74 Å². The number of hydrogen-bond donors (Lipinski definition) is 2. The number of nitrogen functional groups attached to an aromatic ring is 1. The highest BCUT2D eigenvalue weighted by molar-refractivity contribution is 8.00. The second-order valence-electron chi connectivity index (χ2n) is 6.67. The molecule has 8 heteroatoms. The highest BCUT2D eigenvalue weighted by atomic mass is 32.2. The summed E-state index contributed by atoms with van der Waals surface area (Å²) in [6, 6.07) is 24.1. The first-order valence-corrected chi connectivity index (χ1v) is 14.0. The molecule has 0 amide bonds. The van der Waals surface area contributed by atoms with Gasteiger partial charge in [-0.2, -0.15) is 0 Å². The van der Waals surface area contributed by atoms with Crippen molar-refractivity contribution < 1.29 is 9.53 Å². The van der Waals surface area contributed by atoms with E-state index >= 15 is 0 Å². The summed E-state index contributed by atoms with van der Waals surface area (Å²) in [5, 5.41) is 7.46. The number of rotatable bonds is 6. The van der Waals surface area contributed by atoms with Crippen LogP contribution in [0, 0.1) is 5.41 Å². The Morgan fingerprint density at radius 1 is 0.818 bits per heavy atom. The molecule has 0 aliphatic rings. The Morgan fingerprint density at radius 3 is 1.64 bits per heavy atom. The van der Waals surface area contributed by atoms with Crippen LogP contribution in [0.15, 0.2) is 81.2 Å². The fourth-order valence-electron chi connectivity index (χ4n) is 3.02. The average molecular weight is 513 g/mol. The minimum absolute atomic E-state index is 0.141. The van der Waals surface area contributed by atoms with E-state index in [-0.39, 0.29) is 11.8 Å². The van der Waals surface area contributed by atoms with Gasteiger partial charge in [-0.1, -0.05) is 60.7 Å². The number of nitrogens with one attached hydrogen (secondary N) is 1. The Morgan fingerprint density at radius 2 is 1.24 bits per heavy atom. The molecule has 2 aromatic carbocycles. The average Bonchev–Trinajstić information content (AvgIpc) is 3.50. The Bertz CT molecular complexity index is 1220. The standard InChI is InChI=1S/C13H12O2S2.C12H12N2S2/c1-15-12(14)11-8-10(13(16-2)17-11)9-6-4-3-5-7-9;1-15-12-9(7-10(16-12)11(13)14)8-5-3-2-4-6-8/h3-8H,1-2H3;2-7H,1H3,(H3,13,14). The van der Waals surface area contributed by atoms with Crippen LogP contribution < -0.4 is 5.73 Å². The molecule has 0 radical (unpaired) electrons. The number of amidine groups is 1. The van der Waals surface area contributed by atoms with Gasteiger partial charge >= 0.3 is 5.97 Å². The molecule has 3 N–H and O–H groups in total. The molecule has 170 valence electrons. The zero-order chi connectivity index (χ0) is 23.8. The highest BCUT2D eigenvalue weighted by Gasteiger charge is 2.15. The molecule has 0 fully saturated rings. The van der Waals surface area contributed by atoms with Crippen LogP contribution in [0.3, 0.4) is 0 Å². The smallest absolute Gasteiger partial charge is 0.348 e. The monoisotopic (exact) mass is 512 g/mol. The van der Waals surface area contributed by atoms with E-state index in [1.54, 1.807) is 34.9 Å². The Balaban J connectivity index is 0.000000186. The van der Waals surface area contributed by atoms with Gasteiger partial charge in [0.2, 0.25) is 0 Å². The Hall–Kier alpha value is -2.52. The van der Waals surface area contributed by atoms with Gasteiger partial charge in [0.1, 0.15) is 10.7 Å². The molecule has 0 aliphatic heterocycles. The van der Waals surface area contributed by atoms with Crippen LogP contribution in [-0.4, -0.2) is 31.4 Å². The van der Waals surface area contributed by atoms with Crippen LogP contribution in [0.25, 0.3) is 22.3 Å². The van der Waals surface area contributed by atoms with Crippen LogP contribution in [0.1, 0.15) is 14.5 Å². The van der Waals surface area contributed by atoms with Crippen molar-refractivity contribution in [2.75, 3.05) is 19.6 Å². The molecular weight excluding hydrogens is 489 g/mol. The van der Waals surface area contributed by atoms with E-state index in [4.69, 9.17) is 15.9 Å². The summed E-state index contributed by atoms with van der Waals surface area (Å²) in [4.78, 5) is 13.0. The van der Waals surface area contributed by atoms with Crippen molar-refractivity contribution in [1.82, 2.24) is 0 Å². The molecule has 0 spiro atoms. The lowest BCUT2D eigenvalue weighted by Gasteiger charge is -1.99. The molecule has 2 aromatic heterocycles. The first-order chi connectivity index (χ1) is 16.0. The fourth-order valence-corrected chi connectivity index (χ4v) is 6.63. The highest BCUT2D eigenvalue weighted by Crippen LogP contribution is 2.38. The number of nitrogens with two attached hydrogens (primary N) is 1. The molecule has 0 saturated heterocycles. The van der Waals surface area contributed by atoms with Gasteiger partial charge in [-0.15, -0.1) is 46.2 Å². The summed E-state index contributed by atoms with van der Waals surface area (Å²) in [5.74, 6) is -0.130. The lowest BCUT2D eigenvalue weighted by atomic mass is 10.1. The first kappa shape index (κ1) is 25.1. The zero-order valence-electron chi connectivity index (χ0n) is 18.5. The van der Waals surface area contributed by atoms with E-state index in [9.17, 15) is 4.79 Å². The van der Waals surface area contributed by atoms with E-state index in [1.807, 2.05) is 73.2 Å². The van der Waals surface area contributed by atoms with Gasteiger partial charge in [0.25, 0.3) is 0 Å². The second-order valence-corrected chi connectivity index (χ2v) is 10.9. The van der Waals surface area contributed by atoms with Crippen molar-refractivity contribution >= 4 is 58.0 Å². The lowest BCUT2D eigenvalue weighted by Crippen LogP contribution is -2.08. The fraction of sp³-hybridized carbons (Fsp3) is 0.120. The molecule has 0 bridgehead atoms. The first-order valence-electron chi connectivity index (χ1n) is 9.87. The summed E-state index contributed by atoms with van der Waals surface area (Å²) >= 11 is 6.40. The van der Waals surface area contributed by atoms with Crippen LogP contribution in [0.2, 0.25) is 0 Å². The maximum Gasteiger partial charge on any atom is 0.348 e. The van der Waals surface area contributed by atoms with Gasteiger partial charge in [0.15, 0.2) is 0 Å². The predicted octanol–water partition coefficient (Wildman–Crippen LogP) is 7.34. The molecule has 0 atom stereocenters. The van der Waals surface area contributed by atoms with E-state index in [0.717, 1.165) is 20.2 Å². The number of ether oxygens (including phenoxy) is 1. The number of thiophene rings is 2. The maximum atomic E-state index is 11.5. The van der Waals surface area contributed by atoms with Gasteiger partial charge in [0, 0.05) is 11.1 Å². The van der Waals surface area contributed by atoms with E-state index in [2.05, 4.69) is 12.1 Å². The van der Waals surface area contributed by atoms with Crippen LogP contribution in [0.4, 0.5) is 0 Å². The van der Waals surface area contributed by atoms with Gasteiger partial charge in [-0.3, -0.25) is 5.41 Å². The van der Waals surface area contributed by atoms with E-state index in [1.165, 1.54) is 33.8 Å². The Kier molecular flexibility index (Phi) is 9.20. The van der Waals surface area contributed by atoms with Crippen LogP contribution >= 0.6 is 46.2 Å². The normalized spacial score (nSPS) is 10.3. The lowest BCUT2D eigenvalue weighted by molar-refractivity contribution is 0.0606. The number of hydrogen-bond acceptors (Lipinski definition) is 7. The van der Waals surface area contributed by atoms with Crippen LogP contribution in [0.5, 0.6) is 0 Å². The van der Waals surface area contributed by atoms with Gasteiger partial charge in [0.05, 0.1) is 20.4 Å².